The molecule has 4 nitrogen and oxygen atoms in total. The van der Waals surface area contributed by atoms with Crippen molar-refractivity contribution in [2.24, 2.45) is 0 Å². The fourth-order valence-corrected chi connectivity index (χ4v) is 1.92. The predicted octanol–water partition coefficient (Wildman–Crippen LogP) is 2.87. The molecule has 0 amide bonds. The third-order valence-corrected chi connectivity index (χ3v) is 4.16. The summed E-state index contributed by atoms with van der Waals surface area (Å²) in [7, 11) is -2.00. The van der Waals surface area contributed by atoms with Gasteiger partial charge in [-0.05, 0) is 34.1 Å². The summed E-state index contributed by atoms with van der Waals surface area (Å²) in [6.07, 6.45) is -4.85. The highest BCUT2D eigenvalue weighted by Gasteiger charge is 2.46. The van der Waals surface area contributed by atoms with Crippen LogP contribution in [0.2, 0.25) is 0 Å². The summed E-state index contributed by atoms with van der Waals surface area (Å²) in [6, 6.07) is -2.41. The van der Waals surface area contributed by atoms with Crippen molar-refractivity contribution in [2.75, 3.05) is 0 Å². The second kappa shape index (κ2) is 7.40. The molecule has 0 aromatic heterocycles. The van der Waals surface area contributed by atoms with E-state index in [0.29, 0.717) is 6.42 Å². The monoisotopic (exact) mass is 329 g/mol. The largest absolute Gasteiger partial charge is 0.459 e. The average Bonchev–Trinajstić information content (AvgIpc) is 2.31. The lowest BCUT2D eigenvalue weighted by Crippen LogP contribution is -2.50. The van der Waals surface area contributed by atoms with E-state index in [2.05, 4.69) is 6.58 Å². The Hall–Kier alpha value is -0.890. The molecule has 0 aromatic rings. The van der Waals surface area contributed by atoms with E-state index in [1.807, 2.05) is 4.72 Å². The first-order chi connectivity index (χ1) is 9.30. The minimum Gasteiger partial charge on any atom is -0.459 e. The molecular formula is C13H22F3NO3S. The van der Waals surface area contributed by atoms with Crippen LogP contribution >= 0.6 is 0 Å². The van der Waals surface area contributed by atoms with Crippen molar-refractivity contribution in [3.63, 3.8) is 0 Å². The zero-order chi connectivity index (χ0) is 17.0. The summed E-state index contributed by atoms with van der Waals surface area (Å²) < 4.78 is 56.8. The van der Waals surface area contributed by atoms with E-state index in [1.54, 1.807) is 13.8 Å². The van der Waals surface area contributed by atoms with Gasteiger partial charge in [-0.1, -0.05) is 13.5 Å². The van der Waals surface area contributed by atoms with E-state index in [4.69, 9.17) is 4.74 Å². The van der Waals surface area contributed by atoms with Crippen molar-refractivity contribution in [1.29, 1.82) is 0 Å². The first-order valence-electron chi connectivity index (χ1n) is 6.45. The number of esters is 1. The lowest BCUT2D eigenvalue weighted by Gasteiger charge is -2.27. The molecule has 0 saturated carbocycles. The molecule has 0 bridgehead atoms. The molecule has 124 valence electrons. The SMILES string of the molecule is C=C(C(=O)OC(C)CC)[C@@H](N[S@](=O)C(C)(C)C)C(F)(F)F. The molecule has 0 saturated heterocycles. The molecule has 1 N–H and O–H groups in total. The summed E-state index contributed by atoms with van der Waals surface area (Å²) >= 11 is 0. The molecule has 0 aliphatic rings. The van der Waals surface area contributed by atoms with Crippen molar-refractivity contribution in [3.05, 3.63) is 12.2 Å². The number of hydrogen-bond acceptors (Lipinski definition) is 3. The van der Waals surface area contributed by atoms with Crippen LogP contribution in [0.1, 0.15) is 41.0 Å². The highest BCUT2D eigenvalue weighted by molar-refractivity contribution is 7.84. The standard InChI is InChI=1S/C13H22F3NO3S/c1-7-8(2)20-11(18)9(3)10(13(14,15)16)17-21(19)12(4,5)6/h8,10,17H,3,7H2,1-2,4-6H3/t8?,10-,21-/m1/s1. The fraction of sp³-hybridized carbons (Fsp3) is 0.769. The fourth-order valence-electron chi connectivity index (χ4n) is 1.08. The van der Waals surface area contributed by atoms with Gasteiger partial charge in [0.15, 0.2) is 0 Å². The number of ether oxygens (including phenoxy) is 1. The molecule has 0 rings (SSSR count). The van der Waals surface area contributed by atoms with Crippen LogP contribution in [0.3, 0.4) is 0 Å². The zero-order valence-electron chi connectivity index (χ0n) is 12.8. The first-order valence-corrected chi connectivity index (χ1v) is 7.60. The zero-order valence-corrected chi connectivity index (χ0v) is 13.7. The van der Waals surface area contributed by atoms with Gasteiger partial charge in [0.05, 0.1) is 27.4 Å². The molecule has 0 aliphatic heterocycles. The van der Waals surface area contributed by atoms with Gasteiger partial charge >= 0.3 is 12.1 Å². The van der Waals surface area contributed by atoms with Crippen molar-refractivity contribution in [2.45, 2.75) is 64.1 Å². The van der Waals surface area contributed by atoms with Crippen molar-refractivity contribution < 1.29 is 26.9 Å². The lowest BCUT2D eigenvalue weighted by molar-refractivity contribution is -0.157. The van der Waals surface area contributed by atoms with Crippen LogP contribution in [-0.4, -0.2) is 33.2 Å². The van der Waals surface area contributed by atoms with E-state index in [1.165, 1.54) is 20.8 Å². The number of alkyl halides is 3. The normalized spacial score (nSPS) is 17.0. The van der Waals surface area contributed by atoms with Gasteiger partial charge in [0, 0.05) is 0 Å². The van der Waals surface area contributed by atoms with E-state index in [0.717, 1.165) is 0 Å². The van der Waals surface area contributed by atoms with E-state index >= 15 is 0 Å². The Labute approximate surface area is 125 Å². The maximum Gasteiger partial charge on any atom is 0.409 e. The molecule has 0 spiro atoms. The van der Waals surface area contributed by atoms with Gasteiger partial charge in [0.2, 0.25) is 0 Å². The van der Waals surface area contributed by atoms with Crippen LogP contribution in [0.4, 0.5) is 13.2 Å². The predicted molar refractivity (Wildman–Crippen MR) is 75.9 cm³/mol. The number of halogens is 3. The summed E-state index contributed by atoms with van der Waals surface area (Å²) in [5.41, 5.74) is -0.805. The number of carbonyl (C=O) groups is 1. The lowest BCUT2D eigenvalue weighted by atomic mass is 10.1. The highest BCUT2D eigenvalue weighted by Crippen LogP contribution is 2.27. The van der Waals surface area contributed by atoms with Crippen LogP contribution < -0.4 is 4.72 Å². The van der Waals surface area contributed by atoms with E-state index in [-0.39, 0.29) is 0 Å². The average molecular weight is 329 g/mol. The molecule has 0 aliphatic carbocycles. The van der Waals surface area contributed by atoms with Crippen molar-refractivity contribution in [1.82, 2.24) is 4.72 Å². The first kappa shape index (κ1) is 20.1. The van der Waals surface area contributed by atoms with Gasteiger partial charge in [-0.2, -0.15) is 13.2 Å². The molecular weight excluding hydrogens is 307 g/mol. The Morgan fingerprint density at radius 3 is 2.14 bits per heavy atom. The molecule has 8 heteroatoms. The van der Waals surface area contributed by atoms with Crippen LogP contribution in [0.15, 0.2) is 12.2 Å². The van der Waals surface area contributed by atoms with Crippen LogP contribution in [0, 0.1) is 0 Å². The summed E-state index contributed by atoms with van der Waals surface area (Å²) in [5.74, 6) is -1.15. The second-order valence-corrected chi connectivity index (χ2v) is 7.62. The Bertz CT molecular complexity index is 416. The van der Waals surface area contributed by atoms with E-state index < -0.39 is 45.6 Å². The Morgan fingerprint density at radius 1 is 1.33 bits per heavy atom. The van der Waals surface area contributed by atoms with Gasteiger partial charge in [-0.15, -0.1) is 0 Å². The smallest absolute Gasteiger partial charge is 0.409 e. The molecule has 21 heavy (non-hydrogen) atoms. The molecule has 3 atom stereocenters. The third-order valence-electron chi connectivity index (χ3n) is 2.60. The van der Waals surface area contributed by atoms with Crippen LogP contribution in [-0.2, 0) is 20.5 Å². The van der Waals surface area contributed by atoms with Crippen molar-refractivity contribution in [3.8, 4) is 0 Å². The van der Waals surface area contributed by atoms with Gasteiger partial charge in [0.25, 0.3) is 0 Å². The maximum absolute atomic E-state index is 13.0. The second-order valence-electron chi connectivity index (χ2n) is 5.62. The number of nitrogens with one attached hydrogen (secondary N) is 1. The summed E-state index contributed by atoms with van der Waals surface area (Å²) in [6.45, 7) is 11.0. The van der Waals surface area contributed by atoms with Crippen LogP contribution in [0.25, 0.3) is 0 Å². The molecule has 0 fully saturated rings. The van der Waals surface area contributed by atoms with Crippen LogP contribution in [0.5, 0.6) is 0 Å². The van der Waals surface area contributed by atoms with Gasteiger partial charge in [0.1, 0.15) is 6.04 Å². The highest BCUT2D eigenvalue weighted by atomic mass is 32.2. The Morgan fingerprint density at radius 2 is 1.81 bits per heavy atom. The molecule has 1 unspecified atom stereocenters. The topological polar surface area (TPSA) is 55.4 Å². The van der Waals surface area contributed by atoms with Gasteiger partial charge < -0.3 is 4.74 Å². The maximum atomic E-state index is 13.0. The minimum atomic E-state index is -4.80. The number of carbonyl (C=O) groups excluding carboxylic acids is 1. The minimum absolute atomic E-state index is 0.469. The molecule has 0 heterocycles. The summed E-state index contributed by atoms with van der Waals surface area (Å²) in [5, 5.41) is 0. The van der Waals surface area contributed by atoms with Gasteiger partial charge in [-0.3, -0.25) is 0 Å². The third kappa shape index (κ3) is 6.60. The molecule has 0 radical (unpaired) electrons. The summed E-state index contributed by atoms with van der Waals surface area (Å²) in [4.78, 5) is 11.7. The van der Waals surface area contributed by atoms with E-state index in [9.17, 15) is 22.2 Å². The Balaban J connectivity index is 5.14. The quantitative estimate of drug-likeness (QED) is 0.602. The Kier molecular flexibility index (Phi) is 7.08. The number of rotatable bonds is 6. The van der Waals surface area contributed by atoms with Gasteiger partial charge in [-0.25, -0.2) is 13.7 Å². The van der Waals surface area contributed by atoms with Crippen molar-refractivity contribution >= 4 is 17.0 Å². The molecule has 0 aromatic carbocycles. The number of hydrogen-bond donors (Lipinski definition) is 1.